The van der Waals surface area contributed by atoms with Gasteiger partial charge >= 0.3 is 0 Å². The highest BCUT2D eigenvalue weighted by atomic mass is 16.1. The van der Waals surface area contributed by atoms with Crippen LogP contribution in [0.5, 0.6) is 0 Å². The molecule has 3 heteroatoms. The minimum atomic E-state index is 0.0231. The third-order valence-corrected chi connectivity index (χ3v) is 10.6. The Hall–Kier alpha value is -1.97. The largest absolute Gasteiger partial charge is 0.294 e. The summed E-state index contributed by atoms with van der Waals surface area (Å²) in [6, 6.07) is 17.5. The highest BCUT2D eigenvalue weighted by Gasteiger charge is 2.44. The molecule has 6 rings (SSSR count). The van der Waals surface area contributed by atoms with Gasteiger partial charge in [0, 0.05) is 22.2 Å². The maximum absolute atomic E-state index is 14.8. The lowest BCUT2D eigenvalue weighted by atomic mass is 9.70. The number of likely N-dealkylation sites (tertiary alicyclic amines) is 2. The number of hydrogen-bond donors (Lipinski definition) is 0. The smallest absolute Gasteiger partial charge is 0.193 e. The van der Waals surface area contributed by atoms with Gasteiger partial charge in [-0.2, -0.15) is 0 Å². The molecule has 0 amide bonds. The Morgan fingerprint density at radius 1 is 0.474 bits per heavy atom. The quantitative estimate of drug-likeness (QED) is 0.364. The fraction of sp³-hybridized carbons (Fsp3) is 0.629. The van der Waals surface area contributed by atoms with Crippen LogP contribution in [-0.2, 0) is 11.1 Å². The van der Waals surface area contributed by atoms with Gasteiger partial charge in [-0.15, -0.1) is 0 Å². The van der Waals surface area contributed by atoms with Gasteiger partial charge in [-0.25, -0.2) is 0 Å². The molecule has 3 nitrogen and oxygen atoms in total. The molecular formula is C35H48N2O. The van der Waals surface area contributed by atoms with E-state index >= 15 is 0 Å². The molecule has 38 heavy (non-hydrogen) atoms. The molecule has 0 bridgehead atoms. The number of hydrogen-bond acceptors (Lipinski definition) is 3. The first-order valence-corrected chi connectivity index (χ1v) is 16.0. The maximum atomic E-state index is 14.8. The number of benzene rings is 2. The number of carbonyl (C=O) groups is 1. The van der Waals surface area contributed by atoms with Crippen molar-refractivity contribution in [1.82, 2.24) is 9.80 Å². The molecule has 2 aromatic rings. The zero-order valence-electron chi connectivity index (χ0n) is 23.6. The molecule has 4 aliphatic rings. The average Bonchev–Trinajstić information content (AvgIpc) is 3.02. The van der Waals surface area contributed by atoms with Crippen LogP contribution in [0.4, 0.5) is 0 Å². The first kappa shape index (κ1) is 26.3. The molecule has 204 valence electrons. The van der Waals surface area contributed by atoms with E-state index in [2.05, 4.69) is 58.3 Å². The minimum absolute atomic E-state index is 0.0231. The van der Waals surface area contributed by atoms with Crippen LogP contribution in [0.1, 0.15) is 130 Å². The van der Waals surface area contributed by atoms with Gasteiger partial charge in [0.1, 0.15) is 0 Å². The third kappa shape index (κ3) is 4.79. The lowest BCUT2D eigenvalue weighted by Crippen LogP contribution is -2.51. The van der Waals surface area contributed by atoms with Crippen LogP contribution in [0.15, 0.2) is 48.5 Å². The average molecular weight is 513 g/mol. The van der Waals surface area contributed by atoms with Crippen molar-refractivity contribution >= 4 is 5.78 Å². The summed E-state index contributed by atoms with van der Waals surface area (Å²) in [5.74, 6) is 0.264. The van der Waals surface area contributed by atoms with Gasteiger partial charge in [-0.1, -0.05) is 99.9 Å². The van der Waals surface area contributed by atoms with Crippen molar-refractivity contribution in [2.45, 2.75) is 114 Å². The number of piperidine rings is 2. The van der Waals surface area contributed by atoms with Crippen LogP contribution in [0, 0.1) is 0 Å². The second-order valence-electron chi connectivity index (χ2n) is 12.7. The predicted molar refractivity (Wildman–Crippen MR) is 157 cm³/mol. The van der Waals surface area contributed by atoms with E-state index in [4.69, 9.17) is 0 Å². The standard InChI is InChI=1S/C35H48N2O/c38-33(29-17-5-7-19-31(29)34(21-9-1-10-22-34)36-25-13-3-14-26-36)30-18-6-8-20-32(30)35(23-11-2-12-24-35)37-27-15-4-16-28-37/h5-8,17-20H,1-4,9-16,21-28H2. The molecule has 2 heterocycles. The number of carbonyl (C=O) groups excluding carboxylic acids is 1. The summed E-state index contributed by atoms with van der Waals surface area (Å²) in [7, 11) is 0. The van der Waals surface area contributed by atoms with Crippen molar-refractivity contribution in [2.24, 2.45) is 0 Å². The molecule has 2 aromatic carbocycles. The minimum Gasteiger partial charge on any atom is -0.294 e. The summed E-state index contributed by atoms with van der Waals surface area (Å²) < 4.78 is 0. The zero-order valence-corrected chi connectivity index (χ0v) is 23.6. The molecule has 0 spiro atoms. The number of nitrogens with zero attached hydrogens (tertiary/aromatic N) is 2. The van der Waals surface area contributed by atoms with Crippen molar-refractivity contribution in [1.29, 1.82) is 0 Å². The number of rotatable bonds is 6. The molecule has 0 aromatic heterocycles. The highest BCUT2D eigenvalue weighted by Crippen LogP contribution is 2.47. The summed E-state index contributed by atoms with van der Waals surface area (Å²) in [5.41, 5.74) is 4.62. The molecule has 2 saturated heterocycles. The zero-order chi connectivity index (χ0) is 25.8. The number of ketones is 1. The fourth-order valence-electron chi connectivity index (χ4n) is 8.75. The van der Waals surface area contributed by atoms with Crippen LogP contribution < -0.4 is 0 Å². The highest BCUT2D eigenvalue weighted by molar-refractivity contribution is 6.11. The Morgan fingerprint density at radius 2 is 0.816 bits per heavy atom. The topological polar surface area (TPSA) is 23.6 Å². The third-order valence-electron chi connectivity index (χ3n) is 10.6. The van der Waals surface area contributed by atoms with Crippen molar-refractivity contribution < 1.29 is 4.79 Å². The van der Waals surface area contributed by atoms with E-state index in [1.807, 2.05) is 0 Å². The van der Waals surface area contributed by atoms with Crippen LogP contribution >= 0.6 is 0 Å². The first-order valence-electron chi connectivity index (χ1n) is 16.0. The van der Waals surface area contributed by atoms with Gasteiger partial charge in [0.2, 0.25) is 0 Å². The molecular weight excluding hydrogens is 464 g/mol. The van der Waals surface area contributed by atoms with E-state index in [1.165, 1.54) is 140 Å². The molecule has 4 fully saturated rings. The van der Waals surface area contributed by atoms with Crippen molar-refractivity contribution in [3.63, 3.8) is 0 Å². The molecule has 0 unspecified atom stereocenters. The van der Waals surface area contributed by atoms with E-state index in [1.54, 1.807) is 0 Å². The Labute approximate surface area is 231 Å². The Bertz CT molecular complexity index is 997. The lowest BCUT2D eigenvalue weighted by molar-refractivity contribution is 0.0287. The summed E-state index contributed by atoms with van der Waals surface area (Å²) in [5, 5.41) is 0. The van der Waals surface area contributed by atoms with Gasteiger partial charge in [0.25, 0.3) is 0 Å². The predicted octanol–water partition coefficient (Wildman–Crippen LogP) is 8.21. The lowest BCUT2D eigenvalue weighted by Gasteiger charge is -2.50. The molecule has 0 N–H and O–H groups in total. The Morgan fingerprint density at radius 3 is 1.21 bits per heavy atom. The van der Waals surface area contributed by atoms with Crippen molar-refractivity contribution in [3.8, 4) is 0 Å². The van der Waals surface area contributed by atoms with Crippen LogP contribution in [-0.4, -0.2) is 41.8 Å². The molecule has 0 atom stereocenters. The van der Waals surface area contributed by atoms with Crippen LogP contribution in [0.25, 0.3) is 0 Å². The van der Waals surface area contributed by atoms with Gasteiger partial charge in [0.15, 0.2) is 5.78 Å². The molecule has 0 radical (unpaired) electrons. The van der Waals surface area contributed by atoms with E-state index in [0.29, 0.717) is 0 Å². The van der Waals surface area contributed by atoms with Gasteiger partial charge in [-0.3, -0.25) is 14.6 Å². The summed E-state index contributed by atoms with van der Waals surface area (Å²) in [6.45, 7) is 4.71. The molecule has 2 saturated carbocycles. The SMILES string of the molecule is O=C(c1ccccc1C1(N2CCCCC2)CCCCC1)c1ccccc1C1(N2CCCCC2)CCCCC1. The van der Waals surface area contributed by atoms with Crippen molar-refractivity contribution in [2.75, 3.05) is 26.2 Å². The Kier molecular flexibility index (Phi) is 8.05. The second-order valence-corrected chi connectivity index (χ2v) is 12.7. The van der Waals surface area contributed by atoms with E-state index < -0.39 is 0 Å². The van der Waals surface area contributed by atoms with E-state index in [-0.39, 0.29) is 16.9 Å². The van der Waals surface area contributed by atoms with Gasteiger partial charge in [-0.05, 0) is 88.7 Å². The first-order chi connectivity index (χ1) is 18.7. The summed E-state index contributed by atoms with van der Waals surface area (Å²) >= 11 is 0. The summed E-state index contributed by atoms with van der Waals surface area (Å²) in [4.78, 5) is 20.3. The van der Waals surface area contributed by atoms with Gasteiger partial charge < -0.3 is 0 Å². The summed E-state index contributed by atoms with van der Waals surface area (Å²) in [6.07, 6.45) is 20.4. The van der Waals surface area contributed by atoms with Crippen molar-refractivity contribution in [3.05, 3.63) is 70.8 Å². The molecule has 2 aliphatic heterocycles. The Balaban J connectivity index is 1.43. The van der Waals surface area contributed by atoms with Crippen LogP contribution in [0.3, 0.4) is 0 Å². The van der Waals surface area contributed by atoms with Gasteiger partial charge in [0.05, 0.1) is 0 Å². The fourth-order valence-corrected chi connectivity index (χ4v) is 8.75. The molecule has 2 aliphatic carbocycles. The van der Waals surface area contributed by atoms with E-state index in [0.717, 1.165) is 11.1 Å². The van der Waals surface area contributed by atoms with Crippen LogP contribution in [0.2, 0.25) is 0 Å². The van der Waals surface area contributed by atoms with E-state index in [9.17, 15) is 4.79 Å². The normalized spacial score (nSPS) is 24.6. The monoisotopic (exact) mass is 512 g/mol. The maximum Gasteiger partial charge on any atom is 0.193 e. The second kappa shape index (κ2) is 11.6.